The molecule has 29 heavy (non-hydrogen) atoms. The molecule has 0 unspecified atom stereocenters. The van der Waals surface area contributed by atoms with E-state index in [1.54, 1.807) is 0 Å². The van der Waals surface area contributed by atoms with Crippen LogP contribution in [0.5, 0.6) is 0 Å². The van der Waals surface area contributed by atoms with Crippen molar-refractivity contribution in [2.75, 3.05) is 0 Å². The van der Waals surface area contributed by atoms with Crippen LogP contribution in [0.4, 0.5) is 0 Å². The van der Waals surface area contributed by atoms with Crippen LogP contribution in [0.15, 0.2) is 53.0 Å². The second-order valence-electron chi connectivity index (χ2n) is 8.70. The zero-order valence-corrected chi connectivity index (χ0v) is 18.3. The molecule has 0 saturated heterocycles. The van der Waals surface area contributed by atoms with Crippen LogP contribution < -0.4 is 5.32 Å². The van der Waals surface area contributed by atoms with Gasteiger partial charge >= 0.3 is 0 Å². The van der Waals surface area contributed by atoms with E-state index in [0.717, 1.165) is 62.9 Å². The van der Waals surface area contributed by atoms with Crippen LogP contribution in [0.25, 0.3) is 22.2 Å². The third-order valence-corrected chi connectivity index (χ3v) is 7.43. The van der Waals surface area contributed by atoms with E-state index in [1.807, 2.05) is 43.3 Å². The van der Waals surface area contributed by atoms with Crippen molar-refractivity contribution < 1.29 is 4.79 Å². The Balaban J connectivity index is 1.64. The van der Waals surface area contributed by atoms with Crippen LogP contribution in [-0.4, -0.2) is 16.4 Å². The summed E-state index contributed by atoms with van der Waals surface area (Å²) in [6.45, 7) is 2.03. The van der Waals surface area contributed by atoms with E-state index in [9.17, 15) is 4.79 Å². The van der Waals surface area contributed by atoms with Crippen molar-refractivity contribution in [3.8, 4) is 11.3 Å². The molecule has 3 aromatic rings. The van der Waals surface area contributed by atoms with E-state index >= 15 is 0 Å². The molecule has 4 heteroatoms. The van der Waals surface area contributed by atoms with Gasteiger partial charge in [-0.15, -0.1) is 0 Å². The lowest BCUT2D eigenvalue weighted by Gasteiger charge is -2.47. The Morgan fingerprint density at radius 2 is 1.76 bits per heavy atom. The molecule has 3 saturated carbocycles. The number of nitrogens with zero attached hydrogens (tertiary/aromatic N) is 1. The fraction of sp³-hybridized carbons (Fsp3) is 0.360. The summed E-state index contributed by atoms with van der Waals surface area (Å²) in [5, 5.41) is 4.40. The van der Waals surface area contributed by atoms with Gasteiger partial charge in [-0.25, -0.2) is 4.98 Å². The average Bonchev–Trinajstić information content (AvgIpc) is 2.75. The Morgan fingerprint density at radius 1 is 1.07 bits per heavy atom. The predicted octanol–water partition coefficient (Wildman–Crippen LogP) is 6.43. The van der Waals surface area contributed by atoms with Crippen LogP contribution in [-0.2, 0) is 0 Å². The van der Waals surface area contributed by atoms with Gasteiger partial charge in [0.1, 0.15) is 0 Å². The highest BCUT2D eigenvalue weighted by atomic mass is 79.9. The standard InChI is InChI=1S/C25H25BrN2O/c1-16-22(24(29)28-25-12-9-17(10-13-25)11-14-25)20-15-19(26)7-8-21(20)27-23(16)18-5-3-2-4-6-18/h2-8,15,17H,9-14H2,1H3,(H,28,29). The molecule has 0 aliphatic heterocycles. The van der Waals surface area contributed by atoms with Crippen LogP contribution in [0.2, 0.25) is 0 Å². The third-order valence-electron chi connectivity index (χ3n) is 6.94. The van der Waals surface area contributed by atoms with Gasteiger partial charge in [0.05, 0.1) is 16.8 Å². The molecular formula is C25H25BrN2O. The summed E-state index contributed by atoms with van der Waals surface area (Å²) in [6.07, 6.45) is 7.08. The van der Waals surface area contributed by atoms with Gasteiger partial charge in [0.2, 0.25) is 0 Å². The molecule has 6 rings (SSSR count). The number of carbonyl (C=O) groups excluding carboxylic acids is 1. The van der Waals surface area contributed by atoms with Crippen molar-refractivity contribution >= 4 is 32.7 Å². The van der Waals surface area contributed by atoms with E-state index in [2.05, 4.69) is 33.4 Å². The molecule has 0 atom stereocenters. The van der Waals surface area contributed by atoms with Gasteiger partial charge in [-0.3, -0.25) is 4.79 Å². The van der Waals surface area contributed by atoms with Crippen molar-refractivity contribution in [1.82, 2.24) is 10.3 Å². The Labute approximate surface area is 180 Å². The normalized spacial score (nSPS) is 23.3. The number of halogens is 1. The van der Waals surface area contributed by atoms with Crippen molar-refractivity contribution in [3.05, 3.63) is 64.1 Å². The Bertz CT molecular complexity index is 1070. The topological polar surface area (TPSA) is 42.0 Å². The molecule has 1 N–H and O–H groups in total. The molecule has 3 nitrogen and oxygen atoms in total. The molecule has 0 radical (unpaired) electrons. The summed E-state index contributed by atoms with van der Waals surface area (Å²) in [6, 6.07) is 16.2. The quantitative estimate of drug-likeness (QED) is 0.501. The Morgan fingerprint density at radius 3 is 2.45 bits per heavy atom. The van der Waals surface area contributed by atoms with Gasteiger partial charge in [0.15, 0.2) is 0 Å². The first-order chi connectivity index (χ1) is 14.0. The van der Waals surface area contributed by atoms with Crippen LogP contribution in [0.3, 0.4) is 0 Å². The highest BCUT2D eigenvalue weighted by molar-refractivity contribution is 9.10. The molecule has 2 aromatic carbocycles. The predicted molar refractivity (Wildman–Crippen MR) is 121 cm³/mol. The Hall–Kier alpha value is -2.20. The second kappa shape index (κ2) is 7.24. The molecule has 0 spiro atoms. The minimum Gasteiger partial charge on any atom is -0.347 e. The SMILES string of the molecule is Cc1c(-c2ccccc2)nc2ccc(Br)cc2c1C(=O)NC12CCC(CC1)CC2. The van der Waals surface area contributed by atoms with E-state index in [4.69, 9.17) is 4.98 Å². The molecule has 2 bridgehead atoms. The number of aromatic nitrogens is 1. The molecule has 1 amide bonds. The first-order valence-electron chi connectivity index (χ1n) is 10.5. The largest absolute Gasteiger partial charge is 0.347 e. The lowest BCUT2D eigenvalue weighted by atomic mass is 9.65. The number of amides is 1. The summed E-state index contributed by atoms with van der Waals surface area (Å²) >= 11 is 3.57. The summed E-state index contributed by atoms with van der Waals surface area (Å²) in [5.74, 6) is 0.920. The number of rotatable bonds is 3. The number of carbonyl (C=O) groups is 1. The maximum Gasteiger partial charge on any atom is 0.252 e. The minimum atomic E-state index is -0.0210. The number of hydrogen-bond acceptors (Lipinski definition) is 2. The minimum absolute atomic E-state index is 0.0210. The summed E-state index contributed by atoms with van der Waals surface area (Å²) < 4.78 is 0.962. The molecule has 3 fully saturated rings. The van der Waals surface area contributed by atoms with Gasteiger partial charge in [0.25, 0.3) is 5.91 Å². The van der Waals surface area contributed by atoms with Gasteiger partial charge in [-0.05, 0) is 75.1 Å². The molecule has 1 aromatic heterocycles. The highest BCUT2D eigenvalue weighted by Crippen LogP contribution is 2.44. The average molecular weight is 449 g/mol. The van der Waals surface area contributed by atoms with Crippen molar-refractivity contribution in [2.24, 2.45) is 5.92 Å². The number of pyridine rings is 1. The van der Waals surface area contributed by atoms with Crippen molar-refractivity contribution in [2.45, 2.75) is 51.0 Å². The van der Waals surface area contributed by atoms with Crippen LogP contribution >= 0.6 is 15.9 Å². The van der Waals surface area contributed by atoms with E-state index in [0.29, 0.717) is 0 Å². The first kappa shape index (κ1) is 18.8. The number of benzene rings is 2. The smallest absolute Gasteiger partial charge is 0.252 e. The number of nitrogens with one attached hydrogen (secondary N) is 1. The van der Waals surface area contributed by atoms with E-state index in [1.165, 1.54) is 19.3 Å². The van der Waals surface area contributed by atoms with Crippen LogP contribution in [0.1, 0.15) is 54.4 Å². The second-order valence-corrected chi connectivity index (χ2v) is 9.62. The van der Waals surface area contributed by atoms with E-state index in [-0.39, 0.29) is 11.4 Å². The Kier molecular flexibility index (Phi) is 4.70. The molecule has 3 aliphatic rings. The van der Waals surface area contributed by atoms with Gasteiger partial charge in [-0.2, -0.15) is 0 Å². The molecule has 3 aliphatic carbocycles. The first-order valence-corrected chi connectivity index (χ1v) is 11.3. The highest BCUT2D eigenvalue weighted by Gasteiger charge is 2.41. The monoisotopic (exact) mass is 448 g/mol. The maximum atomic E-state index is 13.7. The fourth-order valence-electron chi connectivity index (χ4n) is 5.24. The fourth-order valence-corrected chi connectivity index (χ4v) is 5.60. The summed E-state index contributed by atoms with van der Waals surface area (Å²) in [5.41, 5.74) is 4.47. The third kappa shape index (κ3) is 3.38. The number of hydrogen-bond donors (Lipinski definition) is 1. The van der Waals surface area contributed by atoms with Crippen LogP contribution in [0, 0.1) is 12.8 Å². The lowest BCUT2D eigenvalue weighted by Crippen LogP contribution is -2.53. The number of fused-ring (bicyclic) bond motifs is 4. The molecular weight excluding hydrogens is 424 g/mol. The summed E-state index contributed by atoms with van der Waals surface area (Å²) in [4.78, 5) is 18.6. The van der Waals surface area contributed by atoms with Gasteiger partial charge in [0, 0.05) is 21.0 Å². The summed E-state index contributed by atoms with van der Waals surface area (Å²) in [7, 11) is 0. The lowest BCUT2D eigenvalue weighted by molar-refractivity contribution is 0.0715. The molecule has 148 valence electrons. The van der Waals surface area contributed by atoms with Gasteiger partial charge in [-0.1, -0.05) is 46.3 Å². The van der Waals surface area contributed by atoms with E-state index < -0.39 is 0 Å². The van der Waals surface area contributed by atoms with Crippen molar-refractivity contribution in [3.63, 3.8) is 0 Å². The maximum absolute atomic E-state index is 13.7. The zero-order chi connectivity index (χ0) is 20.0. The van der Waals surface area contributed by atoms with Gasteiger partial charge < -0.3 is 5.32 Å². The molecule has 1 heterocycles. The van der Waals surface area contributed by atoms with Crippen molar-refractivity contribution in [1.29, 1.82) is 0 Å². The zero-order valence-electron chi connectivity index (χ0n) is 16.7.